The molecular formula is C14H18N2O3S. The van der Waals surface area contributed by atoms with Gasteiger partial charge in [-0.25, -0.2) is 4.98 Å². The van der Waals surface area contributed by atoms with Crippen molar-refractivity contribution >= 4 is 23.3 Å². The molecule has 3 heterocycles. The van der Waals surface area contributed by atoms with E-state index in [2.05, 4.69) is 4.98 Å². The van der Waals surface area contributed by atoms with E-state index >= 15 is 0 Å². The third-order valence-electron chi connectivity index (χ3n) is 3.64. The Morgan fingerprint density at radius 1 is 1.40 bits per heavy atom. The number of amides is 1. The number of carbonyl (C=O) groups is 1. The number of carbonyl (C=O) groups excluding carboxylic acids is 1. The molecule has 5 nitrogen and oxygen atoms in total. The Morgan fingerprint density at radius 2 is 2.25 bits per heavy atom. The molecule has 2 aliphatic heterocycles. The minimum Gasteiger partial charge on any atom is -0.348 e. The van der Waals surface area contributed by atoms with Crippen LogP contribution in [0.5, 0.6) is 0 Å². The van der Waals surface area contributed by atoms with Gasteiger partial charge in [0.15, 0.2) is 6.29 Å². The van der Waals surface area contributed by atoms with Crippen molar-refractivity contribution in [3.63, 3.8) is 0 Å². The molecule has 0 radical (unpaired) electrons. The maximum atomic E-state index is 12.4. The monoisotopic (exact) mass is 294 g/mol. The first-order chi connectivity index (χ1) is 9.84. The van der Waals surface area contributed by atoms with Gasteiger partial charge in [-0.15, -0.1) is 11.3 Å². The summed E-state index contributed by atoms with van der Waals surface area (Å²) in [5.41, 5.74) is 2.58. The van der Waals surface area contributed by atoms with E-state index in [0.29, 0.717) is 13.2 Å². The molecular weight excluding hydrogens is 276 g/mol. The number of ether oxygens (including phenoxy) is 2. The molecule has 2 aliphatic rings. The molecule has 1 aromatic rings. The van der Waals surface area contributed by atoms with E-state index in [0.717, 1.165) is 31.5 Å². The number of likely N-dealkylation sites (tertiary alicyclic amines) is 1. The number of piperidine rings is 1. The van der Waals surface area contributed by atoms with Crippen LogP contribution in [-0.4, -0.2) is 47.9 Å². The molecule has 1 unspecified atom stereocenters. The van der Waals surface area contributed by atoms with Crippen molar-refractivity contribution in [2.24, 2.45) is 0 Å². The zero-order valence-corrected chi connectivity index (χ0v) is 12.1. The molecule has 2 fully saturated rings. The minimum atomic E-state index is -0.257. The summed E-state index contributed by atoms with van der Waals surface area (Å²) in [5, 5.41) is 1.92. The predicted molar refractivity (Wildman–Crippen MR) is 76.2 cm³/mol. The van der Waals surface area contributed by atoms with Gasteiger partial charge in [0.05, 0.1) is 30.5 Å². The molecule has 3 rings (SSSR count). The molecule has 1 aromatic heterocycles. The molecule has 2 saturated heterocycles. The summed E-state index contributed by atoms with van der Waals surface area (Å²) in [4.78, 5) is 18.4. The number of rotatable bonds is 3. The highest BCUT2D eigenvalue weighted by Crippen LogP contribution is 2.24. The number of hydrogen-bond acceptors (Lipinski definition) is 5. The van der Waals surface area contributed by atoms with Crippen LogP contribution < -0.4 is 0 Å². The topological polar surface area (TPSA) is 51.7 Å². The fourth-order valence-electron chi connectivity index (χ4n) is 2.67. The molecule has 0 spiro atoms. The molecule has 20 heavy (non-hydrogen) atoms. The number of hydrogen-bond donors (Lipinski definition) is 0. The van der Waals surface area contributed by atoms with Crippen molar-refractivity contribution in [1.29, 1.82) is 0 Å². The first-order valence-electron chi connectivity index (χ1n) is 6.95. The summed E-state index contributed by atoms with van der Waals surface area (Å²) in [6, 6.07) is 0.0406. The third kappa shape index (κ3) is 3.08. The summed E-state index contributed by atoms with van der Waals surface area (Å²) >= 11 is 1.52. The van der Waals surface area contributed by atoms with E-state index in [1.54, 1.807) is 17.7 Å². The standard InChI is InChI=1S/C14H18N2O3S/c17-13(5-4-11-9-20-10-15-11)16-6-2-1-3-12(16)14-18-7-8-19-14/h4-5,9-10,12,14H,1-3,6-8H2/b5-4+. The minimum absolute atomic E-state index is 0.0156. The Bertz CT molecular complexity index is 469. The van der Waals surface area contributed by atoms with Crippen molar-refractivity contribution in [2.75, 3.05) is 19.8 Å². The summed E-state index contributed by atoms with van der Waals surface area (Å²) in [6.45, 7) is 2.02. The van der Waals surface area contributed by atoms with E-state index in [4.69, 9.17) is 9.47 Å². The second-order valence-electron chi connectivity index (χ2n) is 4.95. The Hall–Kier alpha value is -1.24. The maximum absolute atomic E-state index is 12.4. The molecule has 0 N–H and O–H groups in total. The lowest BCUT2D eigenvalue weighted by Crippen LogP contribution is -2.49. The molecule has 6 heteroatoms. The zero-order chi connectivity index (χ0) is 13.8. The normalized spacial score (nSPS) is 24.6. The van der Waals surface area contributed by atoms with Gasteiger partial charge in [0.2, 0.25) is 5.91 Å². The second kappa shape index (κ2) is 6.47. The van der Waals surface area contributed by atoms with Gasteiger partial charge in [-0.05, 0) is 25.3 Å². The number of nitrogens with zero attached hydrogens (tertiary/aromatic N) is 2. The van der Waals surface area contributed by atoms with Crippen LogP contribution in [0.2, 0.25) is 0 Å². The highest BCUT2D eigenvalue weighted by atomic mass is 32.1. The summed E-state index contributed by atoms with van der Waals surface area (Å²) in [5.74, 6) is 0.0156. The van der Waals surface area contributed by atoms with Gasteiger partial charge in [0.1, 0.15) is 0 Å². The molecule has 1 amide bonds. The second-order valence-corrected chi connectivity index (χ2v) is 5.67. The smallest absolute Gasteiger partial charge is 0.247 e. The van der Waals surface area contributed by atoms with E-state index in [1.165, 1.54) is 11.3 Å². The summed E-state index contributed by atoms with van der Waals surface area (Å²) < 4.78 is 11.1. The fourth-order valence-corrected chi connectivity index (χ4v) is 3.19. The number of aromatic nitrogens is 1. The van der Waals surface area contributed by atoms with Gasteiger partial charge >= 0.3 is 0 Å². The Labute approximate surface area is 122 Å². The van der Waals surface area contributed by atoms with Crippen LogP contribution in [0.15, 0.2) is 17.0 Å². The first kappa shape index (κ1) is 13.7. The van der Waals surface area contributed by atoms with Gasteiger partial charge in [0, 0.05) is 18.0 Å². The maximum Gasteiger partial charge on any atom is 0.247 e. The van der Waals surface area contributed by atoms with Crippen molar-refractivity contribution < 1.29 is 14.3 Å². The molecule has 0 bridgehead atoms. The summed E-state index contributed by atoms with van der Waals surface area (Å²) in [6.07, 6.45) is 6.21. The highest BCUT2D eigenvalue weighted by Gasteiger charge is 2.35. The van der Waals surface area contributed by atoms with Crippen molar-refractivity contribution in [3.8, 4) is 0 Å². The average Bonchev–Trinajstić information content (AvgIpc) is 3.18. The Kier molecular flexibility index (Phi) is 4.44. The lowest BCUT2D eigenvalue weighted by molar-refractivity contribution is -0.145. The van der Waals surface area contributed by atoms with Crippen LogP contribution in [-0.2, 0) is 14.3 Å². The van der Waals surface area contributed by atoms with Crippen LogP contribution in [0.4, 0.5) is 0 Å². The van der Waals surface area contributed by atoms with Crippen molar-refractivity contribution in [3.05, 3.63) is 22.7 Å². The Morgan fingerprint density at radius 3 is 3.00 bits per heavy atom. The number of thiazole rings is 1. The Balaban J connectivity index is 1.67. The van der Waals surface area contributed by atoms with Gasteiger partial charge in [0.25, 0.3) is 0 Å². The predicted octanol–water partition coefficient (Wildman–Crippen LogP) is 1.91. The average molecular weight is 294 g/mol. The zero-order valence-electron chi connectivity index (χ0n) is 11.2. The first-order valence-corrected chi connectivity index (χ1v) is 7.89. The van der Waals surface area contributed by atoms with E-state index < -0.39 is 0 Å². The molecule has 0 aromatic carbocycles. The van der Waals surface area contributed by atoms with Crippen LogP contribution in [0, 0.1) is 0 Å². The van der Waals surface area contributed by atoms with E-state index in [9.17, 15) is 4.79 Å². The summed E-state index contributed by atoms with van der Waals surface area (Å²) in [7, 11) is 0. The highest BCUT2D eigenvalue weighted by molar-refractivity contribution is 7.07. The fraction of sp³-hybridized carbons (Fsp3) is 0.571. The van der Waals surface area contributed by atoms with Gasteiger partial charge in [-0.1, -0.05) is 0 Å². The van der Waals surface area contributed by atoms with Gasteiger partial charge < -0.3 is 14.4 Å². The van der Waals surface area contributed by atoms with Gasteiger partial charge in [-0.3, -0.25) is 4.79 Å². The molecule has 0 aliphatic carbocycles. The van der Waals surface area contributed by atoms with Crippen LogP contribution in [0.3, 0.4) is 0 Å². The van der Waals surface area contributed by atoms with Gasteiger partial charge in [-0.2, -0.15) is 0 Å². The molecule has 1 atom stereocenters. The third-order valence-corrected chi connectivity index (χ3v) is 4.25. The largest absolute Gasteiger partial charge is 0.348 e. The lowest BCUT2D eigenvalue weighted by atomic mass is 10.0. The van der Waals surface area contributed by atoms with E-state index in [-0.39, 0.29) is 18.2 Å². The SMILES string of the molecule is O=C(/C=C/c1cscn1)N1CCCCC1C1OCCO1. The van der Waals surface area contributed by atoms with E-state index in [1.807, 2.05) is 10.3 Å². The van der Waals surface area contributed by atoms with Crippen LogP contribution in [0.25, 0.3) is 6.08 Å². The van der Waals surface area contributed by atoms with Crippen LogP contribution >= 0.6 is 11.3 Å². The lowest BCUT2D eigenvalue weighted by Gasteiger charge is -2.37. The van der Waals surface area contributed by atoms with Crippen molar-refractivity contribution in [1.82, 2.24) is 9.88 Å². The quantitative estimate of drug-likeness (QED) is 0.799. The van der Waals surface area contributed by atoms with Crippen molar-refractivity contribution in [2.45, 2.75) is 31.6 Å². The van der Waals surface area contributed by atoms with Crippen LogP contribution in [0.1, 0.15) is 25.0 Å². The molecule has 0 saturated carbocycles. The molecule has 108 valence electrons.